The van der Waals surface area contributed by atoms with Crippen LogP contribution in [0.25, 0.3) is 10.8 Å². The first-order valence-corrected chi connectivity index (χ1v) is 7.39. The Morgan fingerprint density at radius 3 is 2.57 bits per heavy atom. The molecule has 0 N–H and O–H groups in total. The van der Waals surface area contributed by atoms with Crippen molar-refractivity contribution in [2.45, 2.75) is 13.8 Å². The first kappa shape index (κ1) is 13.8. The summed E-state index contributed by atoms with van der Waals surface area (Å²) in [5.41, 5.74) is 0. The van der Waals surface area contributed by atoms with Gasteiger partial charge in [0.1, 0.15) is 5.82 Å². The molecule has 0 aliphatic carbocycles. The van der Waals surface area contributed by atoms with E-state index in [2.05, 4.69) is 14.9 Å². The third-order valence-corrected chi connectivity index (χ3v) is 3.93. The van der Waals surface area contributed by atoms with Gasteiger partial charge in [-0.25, -0.2) is 4.98 Å². The molecular weight excluding hydrogens is 264 g/mol. The van der Waals surface area contributed by atoms with Crippen molar-refractivity contribution < 1.29 is 4.79 Å². The lowest BCUT2D eigenvalue weighted by Crippen LogP contribution is -2.50. The molecule has 21 heavy (non-hydrogen) atoms. The molecule has 1 fully saturated rings. The Hall–Kier alpha value is -2.17. The van der Waals surface area contributed by atoms with Crippen LogP contribution in [0, 0.1) is 5.92 Å². The minimum absolute atomic E-state index is 0.0661. The Morgan fingerprint density at radius 2 is 1.86 bits per heavy atom. The van der Waals surface area contributed by atoms with Crippen LogP contribution in [-0.2, 0) is 4.79 Å². The van der Waals surface area contributed by atoms with Crippen molar-refractivity contribution in [3.8, 4) is 0 Å². The number of rotatable bonds is 2. The molecule has 0 atom stereocenters. The highest BCUT2D eigenvalue weighted by Crippen LogP contribution is 2.24. The lowest BCUT2D eigenvalue weighted by atomic mass is 10.1. The van der Waals surface area contributed by atoms with Crippen LogP contribution >= 0.6 is 0 Å². The Labute approximate surface area is 124 Å². The summed E-state index contributed by atoms with van der Waals surface area (Å²) in [4.78, 5) is 24.9. The van der Waals surface area contributed by atoms with Gasteiger partial charge >= 0.3 is 0 Å². The monoisotopic (exact) mass is 284 g/mol. The Balaban J connectivity index is 1.79. The topological polar surface area (TPSA) is 49.3 Å². The second-order valence-corrected chi connectivity index (χ2v) is 5.70. The molecule has 0 saturated carbocycles. The fourth-order valence-electron chi connectivity index (χ4n) is 2.75. The van der Waals surface area contributed by atoms with Crippen molar-refractivity contribution in [3.63, 3.8) is 0 Å². The number of hydrogen-bond acceptors (Lipinski definition) is 4. The van der Waals surface area contributed by atoms with Crippen LogP contribution < -0.4 is 4.90 Å². The zero-order chi connectivity index (χ0) is 14.8. The number of anilines is 1. The average molecular weight is 284 g/mol. The van der Waals surface area contributed by atoms with Gasteiger partial charge in [-0.15, -0.1) is 0 Å². The molecule has 1 aliphatic heterocycles. The second-order valence-electron chi connectivity index (χ2n) is 5.70. The molecule has 1 saturated heterocycles. The van der Waals surface area contributed by atoms with Gasteiger partial charge in [0.05, 0.1) is 0 Å². The van der Waals surface area contributed by atoms with Crippen molar-refractivity contribution in [3.05, 3.63) is 30.7 Å². The minimum atomic E-state index is 0.0661. The van der Waals surface area contributed by atoms with Crippen LogP contribution in [0.5, 0.6) is 0 Å². The molecule has 3 rings (SSSR count). The van der Waals surface area contributed by atoms with E-state index in [4.69, 9.17) is 0 Å². The number of hydrogen-bond donors (Lipinski definition) is 0. The summed E-state index contributed by atoms with van der Waals surface area (Å²) in [6.07, 6.45) is 5.50. The number of aromatic nitrogens is 2. The van der Waals surface area contributed by atoms with E-state index >= 15 is 0 Å². The minimum Gasteiger partial charge on any atom is -0.353 e. The largest absolute Gasteiger partial charge is 0.353 e. The maximum absolute atomic E-state index is 12.0. The maximum Gasteiger partial charge on any atom is 0.225 e. The fourth-order valence-corrected chi connectivity index (χ4v) is 2.75. The van der Waals surface area contributed by atoms with E-state index in [1.54, 1.807) is 6.20 Å². The molecule has 0 bridgehead atoms. The highest BCUT2D eigenvalue weighted by molar-refractivity contribution is 5.91. The number of carbonyl (C=O) groups is 1. The molecule has 3 heterocycles. The second kappa shape index (κ2) is 5.68. The maximum atomic E-state index is 12.0. The Bertz CT molecular complexity index is 642. The lowest BCUT2D eigenvalue weighted by Gasteiger charge is -2.36. The Morgan fingerprint density at radius 1 is 1.14 bits per heavy atom. The van der Waals surface area contributed by atoms with Crippen molar-refractivity contribution >= 4 is 22.5 Å². The normalized spacial score (nSPS) is 15.8. The molecule has 0 unspecified atom stereocenters. The summed E-state index contributed by atoms with van der Waals surface area (Å²) in [6.45, 7) is 7.06. The molecule has 0 radical (unpaired) electrons. The third-order valence-electron chi connectivity index (χ3n) is 3.93. The average Bonchev–Trinajstić information content (AvgIpc) is 2.53. The lowest BCUT2D eigenvalue weighted by molar-refractivity contribution is -0.134. The number of nitrogens with zero attached hydrogens (tertiary/aromatic N) is 4. The van der Waals surface area contributed by atoms with Gasteiger partial charge in [-0.05, 0) is 17.5 Å². The molecule has 5 nitrogen and oxygen atoms in total. The van der Waals surface area contributed by atoms with E-state index < -0.39 is 0 Å². The first-order valence-electron chi connectivity index (χ1n) is 7.39. The van der Waals surface area contributed by atoms with Crippen molar-refractivity contribution in [1.29, 1.82) is 0 Å². The van der Waals surface area contributed by atoms with Crippen LogP contribution in [-0.4, -0.2) is 47.0 Å². The molecule has 0 spiro atoms. The van der Waals surface area contributed by atoms with E-state index in [1.807, 2.05) is 43.3 Å². The smallest absolute Gasteiger partial charge is 0.225 e. The molecule has 1 amide bonds. The summed E-state index contributed by atoms with van der Waals surface area (Å²) in [5, 5.41) is 2.22. The van der Waals surface area contributed by atoms with E-state index in [0.717, 1.165) is 42.8 Å². The van der Waals surface area contributed by atoms with Crippen molar-refractivity contribution in [2.75, 3.05) is 31.1 Å². The van der Waals surface area contributed by atoms with Crippen LogP contribution in [0.4, 0.5) is 5.82 Å². The summed E-state index contributed by atoms with van der Waals surface area (Å²) in [7, 11) is 0. The van der Waals surface area contributed by atoms with E-state index in [0.29, 0.717) is 0 Å². The molecule has 5 heteroatoms. The summed E-state index contributed by atoms with van der Waals surface area (Å²) < 4.78 is 0. The third kappa shape index (κ3) is 2.68. The fraction of sp³-hybridized carbons (Fsp3) is 0.438. The van der Waals surface area contributed by atoms with Crippen molar-refractivity contribution in [2.24, 2.45) is 5.92 Å². The standard InChI is InChI=1S/C16H20N4O/c1-12(2)16(21)20-9-7-19(8-10-20)15-14-11-17-5-3-13(14)4-6-18-15/h3-6,11-12H,7-10H2,1-2H3. The van der Waals surface area contributed by atoms with Crippen LogP contribution in [0.15, 0.2) is 30.7 Å². The van der Waals surface area contributed by atoms with Gasteiger partial charge in [0, 0.05) is 56.1 Å². The van der Waals surface area contributed by atoms with Gasteiger partial charge in [-0.3, -0.25) is 9.78 Å². The molecule has 1 aliphatic rings. The van der Waals surface area contributed by atoms with Gasteiger partial charge in [0.2, 0.25) is 5.91 Å². The molecule has 0 aromatic carbocycles. The Kier molecular flexibility index (Phi) is 3.73. The predicted octanol–water partition coefficient (Wildman–Crippen LogP) is 1.93. The van der Waals surface area contributed by atoms with Crippen molar-refractivity contribution in [1.82, 2.24) is 14.9 Å². The summed E-state index contributed by atoms with van der Waals surface area (Å²) >= 11 is 0. The number of piperazine rings is 1. The number of fused-ring (bicyclic) bond motifs is 1. The zero-order valence-electron chi connectivity index (χ0n) is 12.5. The summed E-state index contributed by atoms with van der Waals surface area (Å²) in [5.74, 6) is 1.27. The predicted molar refractivity (Wildman–Crippen MR) is 83.2 cm³/mol. The summed E-state index contributed by atoms with van der Waals surface area (Å²) in [6, 6.07) is 4.00. The van der Waals surface area contributed by atoms with Gasteiger partial charge < -0.3 is 9.80 Å². The molecule has 2 aromatic rings. The van der Waals surface area contributed by atoms with Crippen LogP contribution in [0.2, 0.25) is 0 Å². The van der Waals surface area contributed by atoms with Gasteiger partial charge in [0.15, 0.2) is 0 Å². The molecule has 2 aromatic heterocycles. The van der Waals surface area contributed by atoms with E-state index in [9.17, 15) is 4.79 Å². The SMILES string of the molecule is CC(C)C(=O)N1CCN(c2nccc3ccncc23)CC1. The quantitative estimate of drug-likeness (QED) is 0.845. The zero-order valence-corrected chi connectivity index (χ0v) is 12.5. The number of carbonyl (C=O) groups excluding carboxylic acids is 1. The molecule has 110 valence electrons. The van der Waals surface area contributed by atoms with E-state index in [1.165, 1.54) is 0 Å². The number of amides is 1. The van der Waals surface area contributed by atoms with Crippen LogP contribution in [0.3, 0.4) is 0 Å². The highest BCUT2D eigenvalue weighted by atomic mass is 16.2. The molecular formula is C16H20N4O. The van der Waals surface area contributed by atoms with Gasteiger partial charge in [0.25, 0.3) is 0 Å². The van der Waals surface area contributed by atoms with E-state index in [-0.39, 0.29) is 11.8 Å². The number of pyridine rings is 2. The van der Waals surface area contributed by atoms with Gasteiger partial charge in [-0.2, -0.15) is 0 Å². The van der Waals surface area contributed by atoms with Crippen LogP contribution in [0.1, 0.15) is 13.8 Å². The van der Waals surface area contributed by atoms with Gasteiger partial charge in [-0.1, -0.05) is 13.8 Å². The highest BCUT2D eigenvalue weighted by Gasteiger charge is 2.24. The first-order chi connectivity index (χ1) is 10.2.